The molecule has 7 nitrogen and oxygen atoms in total. The Bertz CT molecular complexity index is 628. The standard InChI is InChI=1S/C22H37N7/c1-2-23-21(29-17-19-7-3-4-8-20(19)18-29)26-11-6-12-27-13-15-28(16-14-27)22-24-9-5-10-25-22/h5,9-10,19-20H,2-4,6-8,11-18H2,1H3,(H,23,26). The van der Waals surface area contributed by atoms with Crippen LogP contribution >= 0.6 is 0 Å². The number of likely N-dealkylation sites (tertiary alicyclic amines) is 1. The summed E-state index contributed by atoms with van der Waals surface area (Å²) in [5.41, 5.74) is 0. The molecular weight excluding hydrogens is 362 g/mol. The number of rotatable bonds is 6. The Morgan fingerprint density at radius 3 is 2.41 bits per heavy atom. The van der Waals surface area contributed by atoms with Gasteiger partial charge in [0.05, 0.1) is 0 Å². The van der Waals surface area contributed by atoms with Gasteiger partial charge in [-0.1, -0.05) is 12.8 Å². The highest BCUT2D eigenvalue weighted by molar-refractivity contribution is 5.80. The van der Waals surface area contributed by atoms with Crippen molar-refractivity contribution >= 4 is 11.9 Å². The van der Waals surface area contributed by atoms with Crippen molar-refractivity contribution < 1.29 is 0 Å². The van der Waals surface area contributed by atoms with Crippen LogP contribution in [0.4, 0.5) is 5.95 Å². The fraction of sp³-hybridized carbons (Fsp3) is 0.773. The summed E-state index contributed by atoms with van der Waals surface area (Å²) in [6, 6.07) is 1.87. The lowest BCUT2D eigenvalue weighted by Gasteiger charge is -2.34. The molecule has 0 amide bonds. The number of hydrogen-bond donors (Lipinski definition) is 1. The number of fused-ring (bicyclic) bond motifs is 1. The normalized spacial score (nSPS) is 25.9. The molecule has 3 aliphatic rings. The second-order valence-corrected chi connectivity index (χ2v) is 8.68. The Morgan fingerprint density at radius 1 is 1.07 bits per heavy atom. The largest absolute Gasteiger partial charge is 0.357 e. The van der Waals surface area contributed by atoms with Crippen LogP contribution in [-0.2, 0) is 0 Å². The van der Waals surface area contributed by atoms with Gasteiger partial charge in [-0.2, -0.15) is 0 Å². The molecule has 0 radical (unpaired) electrons. The average molecular weight is 400 g/mol. The molecule has 0 aromatic carbocycles. The van der Waals surface area contributed by atoms with E-state index in [4.69, 9.17) is 4.99 Å². The number of piperazine rings is 1. The minimum atomic E-state index is 0.859. The third kappa shape index (κ3) is 5.38. The van der Waals surface area contributed by atoms with Gasteiger partial charge in [0.1, 0.15) is 0 Å². The zero-order valence-corrected chi connectivity index (χ0v) is 18.0. The van der Waals surface area contributed by atoms with E-state index in [9.17, 15) is 0 Å². The van der Waals surface area contributed by atoms with Crippen LogP contribution in [0.15, 0.2) is 23.5 Å². The second kappa shape index (κ2) is 10.2. The highest BCUT2D eigenvalue weighted by atomic mass is 15.3. The Labute approximate surface area is 175 Å². The molecule has 3 heterocycles. The van der Waals surface area contributed by atoms with Crippen molar-refractivity contribution in [2.75, 3.05) is 63.8 Å². The van der Waals surface area contributed by atoms with Crippen LogP contribution in [0.25, 0.3) is 0 Å². The first-order chi connectivity index (χ1) is 14.3. The topological polar surface area (TPSA) is 59.9 Å². The zero-order chi connectivity index (χ0) is 19.9. The van der Waals surface area contributed by atoms with Gasteiger partial charge in [0, 0.05) is 71.3 Å². The van der Waals surface area contributed by atoms with Crippen LogP contribution in [0.1, 0.15) is 39.0 Å². The summed E-state index contributed by atoms with van der Waals surface area (Å²) >= 11 is 0. The molecule has 1 aromatic rings. The average Bonchev–Trinajstić information content (AvgIpc) is 3.21. The molecule has 1 aromatic heterocycles. The van der Waals surface area contributed by atoms with E-state index in [-0.39, 0.29) is 0 Å². The van der Waals surface area contributed by atoms with E-state index in [1.165, 1.54) is 38.8 Å². The summed E-state index contributed by atoms with van der Waals surface area (Å²) in [7, 11) is 0. The van der Waals surface area contributed by atoms with E-state index in [2.05, 4.69) is 36.9 Å². The summed E-state index contributed by atoms with van der Waals surface area (Å²) in [4.78, 5) is 21.1. The molecule has 2 aliphatic heterocycles. The van der Waals surface area contributed by atoms with E-state index in [1.807, 2.05) is 18.5 Å². The predicted molar refractivity (Wildman–Crippen MR) is 118 cm³/mol. The Hall–Kier alpha value is -1.89. The van der Waals surface area contributed by atoms with E-state index in [0.717, 1.165) is 76.0 Å². The molecule has 0 spiro atoms. The van der Waals surface area contributed by atoms with Crippen molar-refractivity contribution in [3.8, 4) is 0 Å². The molecule has 2 atom stereocenters. The maximum atomic E-state index is 4.97. The summed E-state index contributed by atoms with van der Waals surface area (Å²) in [5, 5.41) is 3.54. The highest BCUT2D eigenvalue weighted by Crippen LogP contribution is 2.35. The van der Waals surface area contributed by atoms with Crippen LogP contribution in [0.5, 0.6) is 0 Å². The van der Waals surface area contributed by atoms with Gasteiger partial charge < -0.3 is 15.1 Å². The summed E-state index contributed by atoms with van der Waals surface area (Å²) < 4.78 is 0. The van der Waals surface area contributed by atoms with Gasteiger partial charge >= 0.3 is 0 Å². The minimum Gasteiger partial charge on any atom is -0.357 e. The number of hydrogen-bond acceptors (Lipinski definition) is 5. The fourth-order valence-corrected chi connectivity index (χ4v) is 5.11. The number of guanidine groups is 1. The lowest BCUT2D eigenvalue weighted by Crippen LogP contribution is -2.47. The number of aromatic nitrogens is 2. The molecule has 1 aliphatic carbocycles. The van der Waals surface area contributed by atoms with Crippen molar-refractivity contribution in [3.63, 3.8) is 0 Å². The van der Waals surface area contributed by atoms with Crippen LogP contribution in [-0.4, -0.2) is 84.6 Å². The Balaban J connectivity index is 1.20. The quantitative estimate of drug-likeness (QED) is 0.449. The molecule has 0 bridgehead atoms. The Morgan fingerprint density at radius 2 is 1.76 bits per heavy atom. The van der Waals surface area contributed by atoms with Crippen molar-refractivity contribution in [2.45, 2.75) is 39.0 Å². The monoisotopic (exact) mass is 399 g/mol. The van der Waals surface area contributed by atoms with Gasteiger partial charge in [-0.3, -0.25) is 9.89 Å². The molecule has 1 saturated carbocycles. The number of anilines is 1. The molecular formula is C22H37N7. The first kappa shape index (κ1) is 20.4. The minimum absolute atomic E-state index is 0.859. The number of nitrogens with zero attached hydrogens (tertiary/aromatic N) is 6. The molecule has 7 heteroatoms. The van der Waals surface area contributed by atoms with Crippen LogP contribution in [0.2, 0.25) is 0 Å². The van der Waals surface area contributed by atoms with Gasteiger partial charge in [-0.25, -0.2) is 9.97 Å². The Kier molecular flexibility index (Phi) is 7.19. The molecule has 160 valence electrons. The lowest BCUT2D eigenvalue weighted by atomic mass is 9.82. The molecule has 2 unspecified atom stereocenters. The highest BCUT2D eigenvalue weighted by Gasteiger charge is 2.35. The van der Waals surface area contributed by atoms with Crippen LogP contribution < -0.4 is 10.2 Å². The van der Waals surface area contributed by atoms with E-state index >= 15 is 0 Å². The van der Waals surface area contributed by atoms with E-state index in [1.54, 1.807) is 0 Å². The van der Waals surface area contributed by atoms with Gasteiger partial charge in [0.2, 0.25) is 5.95 Å². The van der Waals surface area contributed by atoms with Gasteiger partial charge in [0.15, 0.2) is 5.96 Å². The molecule has 2 saturated heterocycles. The summed E-state index contributed by atoms with van der Waals surface area (Å²) in [5.74, 6) is 3.81. The van der Waals surface area contributed by atoms with Crippen molar-refractivity contribution in [1.82, 2.24) is 25.1 Å². The predicted octanol–water partition coefficient (Wildman–Crippen LogP) is 2.08. The third-order valence-corrected chi connectivity index (χ3v) is 6.71. The lowest BCUT2D eigenvalue weighted by molar-refractivity contribution is 0.255. The van der Waals surface area contributed by atoms with Crippen molar-refractivity contribution in [2.24, 2.45) is 16.8 Å². The van der Waals surface area contributed by atoms with Gasteiger partial charge in [-0.15, -0.1) is 0 Å². The summed E-state index contributed by atoms with van der Waals surface area (Å²) in [6.07, 6.45) is 10.4. The SMILES string of the molecule is CCNC(=NCCCN1CCN(c2ncccn2)CC1)N1CC2CCCCC2C1. The fourth-order valence-electron chi connectivity index (χ4n) is 5.11. The van der Waals surface area contributed by atoms with E-state index < -0.39 is 0 Å². The van der Waals surface area contributed by atoms with Gasteiger partial charge in [0.25, 0.3) is 0 Å². The third-order valence-electron chi connectivity index (χ3n) is 6.71. The van der Waals surface area contributed by atoms with Gasteiger partial charge in [-0.05, 0) is 44.1 Å². The van der Waals surface area contributed by atoms with Crippen molar-refractivity contribution in [1.29, 1.82) is 0 Å². The maximum absolute atomic E-state index is 4.97. The smallest absolute Gasteiger partial charge is 0.225 e. The second-order valence-electron chi connectivity index (χ2n) is 8.68. The van der Waals surface area contributed by atoms with E-state index in [0.29, 0.717) is 0 Å². The molecule has 3 fully saturated rings. The zero-order valence-electron chi connectivity index (χ0n) is 18.0. The number of aliphatic imine (C=N–C) groups is 1. The van der Waals surface area contributed by atoms with Crippen LogP contribution in [0.3, 0.4) is 0 Å². The molecule has 1 N–H and O–H groups in total. The van der Waals surface area contributed by atoms with Crippen LogP contribution in [0, 0.1) is 11.8 Å². The van der Waals surface area contributed by atoms with Crippen molar-refractivity contribution in [3.05, 3.63) is 18.5 Å². The first-order valence-corrected chi connectivity index (χ1v) is 11.6. The molecule has 4 rings (SSSR count). The number of nitrogens with one attached hydrogen (secondary N) is 1. The molecule has 29 heavy (non-hydrogen) atoms. The maximum Gasteiger partial charge on any atom is 0.225 e. The summed E-state index contributed by atoms with van der Waals surface area (Å²) in [6.45, 7) is 11.8. The first-order valence-electron chi connectivity index (χ1n) is 11.6.